The molecule has 0 amide bonds. The summed E-state index contributed by atoms with van der Waals surface area (Å²) in [6.45, 7) is 10.4. The first kappa shape index (κ1) is 20.9. The number of hydrogen-bond acceptors (Lipinski definition) is 2. The van der Waals surface area contributed by atoms with E-state index in [4.69, 9.17) is 9.47 Å². The molecule has 0 aliphatic carbocycles. The molecule has 4 heteroatoms. The summed E-state index contributed by atoms with van der Waals surface area (Å²) in [6.07, 6.45) is 0.942. The third kappa shape index (κ3) is 4.64. The average molecular weight is 376 g/mol. The van der Waals surface area contributed by atoms with Crippen LogP contribution in [0.25, 0.3) is 0 Å². The third-order valence-electron chi connectivity index (χ3n) is 4.86. The second-order valence-corrected chi connectivity index (χ2v) is 9.01. The van der Waals surface area contributed by atoms with Gasteiger partial charge in [-0.1, -0.05) is 63.9 Å². The molecule has 0 saturated heterocycles. The topological polar surface area (TPSA) is 18.5 Å². The summed E-state index contributed by atoms with van der Waals surface area (Å²) in [7, 11) is 2.09. The van der Waals surface area contributed by atoms with E-state index in [1.54, 1.807) is 7.11 Å². The highest BCUT2D eigenvalue weighted by molar-refractivity contribution is 7.48. The molecule has 2 unspecified atom stereocenters. The van der Waals surface area contributed by atoms with Crippen LogP contribution < -0.4 is 10.0 Å². The maximum Gasteiger partial charge on any atom is 0.188 e. The molecule has 142 valence electrons. The molecule has 2 rings (SSSR count). The molecule has 0 saturated carbocycles. The second-order valence-electron chi connectivity index (χ2n) is 7.11. The standard InChI is InChI=1S/C22H30FO2P/c1-7-22(5,26-20-9-8-15(2)11-18(20)13-23)19-12-16(3)10-17(4)21(19)25-14-24-6/h8-12,26H,7,13-14H2,1-6H3. The molecule has 0 heterocycles. The fourth-order valence-electron chi connectivity index (χ4n) is 3.27. The fourth-order valence-corrected chi connectivity index (χ4v) is 4.83. The predicted molar refractivity (Wildman–Crippen MR) is 110 cm³/mol. The minimum atomic E-state index is -0.427. The van der Waals surface area contributed by atoms with Gasteiger partial charge in [0.15, 0.2) is 6.79 Å². The number of benzene rings is 2. The molecule has 26 heavy (non-hydrogen) atoms. The Kier molecular flexibility index (Phi) is 7.20. The lowest BCUT2D eigenvalue weighted by molar-refractivity contribution is 0.0495. The van der Waals surface area contributed by atoms with Gasteiger partial charge in [-0.25, -0.2) is 4.39 Å². The summed E-state index contributed by atoms with van der Waals surface area (Å²) < 4.78 is 24.7. The molecule has 0 spiro atoms. The lowest BCUT2D eigenvalue weighted by atomic mass is 9.92. The molecule has 0 bridgehead atoms. The van der Waals surface area contributed by atoms with Gasteiger partial charge < -0.3 is 9.47 Å². The molecule has 2 aromatic carbocycles. The van der Waals surface area contributed by atoms with E-state index in [0.717, 1.165) is 34.2 Å². The zero-order valence-corrected chi connectivity index (χ0v) is 17.7. The summed E-state index contributed by atoms with van der Waals surface area (Å²) in [6, 6.07) is 10.4. The van der Waals surface area contributed by atoms with Crippen LogP contribution >= 0.6 is 8.58 Å². The zero-order valence-electron chi connectivity index (χ0n) is 16.7. The van der Waals surface area contributed by atoms with Crippen LogP contribution in [0.3, 0.4) is 0 Å². The first-order valence-electron chi connectivity index (χ1n) is 9.01. The van der Waals surface area contributed by atoms with Crippen molar-refractivity contribution in [3.63, 3.8) is 0 Å². The van der Waals surface area contributed by atoms with Gasteiger partial charge in [0.05, 0.1) is 0 Å². The van der Waals surface area contributed by atoms with Gasteiger partial charge >= 0.3 is 0 Å². The number of aryl methyl sites for hydroxylation is 3. The van der Waals surface area contributed by atoms with Crippen molar-refractivity contribution in [2.24, 2.45) is 0 Å². The largest absolute Gasteiger partial charge is 0.467 e. The van der Waals surface area contributed by atoms with Crippen LogP contribution in [0.15, 0.2) is 30.3 Å². The fraction of sp³-hybridized carbons (Fsp3) is 0.455. The molecule has 0 fully saturated rings. The van der Waals surface area contributed by atoms with Crippen molar-refractivity contribution in [2.45, 2.75) is 52.9 Å². The van der Waals surface area contributed by atoms with Gasteiger partial charge in [0.2, 0.25) is 0 Å². The zero-order chi connectivity index (χ0) is 19.3. The first-order chi connectivity index (χ1) is 12.3. The number of hydrogen-bond donors (Lipinski definition) is 0. The third-order valence-corrected chi connectivity index (χ3v) is 6.79. The number of alkyl halides is 1. The summed E-state index contributed by atoms with van der Waals surface area (Å²) in [5.41, 5.74) is 5.39. The van der Waals surface area contributed by atoms with Crippen LogP contribution in [0.1, 0.15) is 48.1 Å². The van der Waals surface area contributed by atoms with Gasteiger partial charge in [0, 0.05) is 17.8 Å². The number of halogens is 1. The van der Waals surface area contributed by atoms with Crippen molar-refractivity contribution in [1.82, 2.24) is 0 Å². The number of methoxy groups -OCH3 is 1. The molecular weight excluding hydrogens is 346 g/mol. The first-order valence-corrected chi connectivity index (χ1v) is 10.0. The quantitative estimate of drug-likeness (QED) is 0.435. The highest BCUT2D eigenvalue weighted by atomic mass is 31.1. The average Bonchev–Trinajstić information content (AvgIpc) is 2.61. The van der Waals surface area contributed by atoms with Crippen molar-refractivity contribution >= 4 is 13.9 Å². The highest BCUT2D eigenvalue weighted by Gasteiger charge is 2.30. The normalized spacial score (nSPS) is 14.0. The lowest BCUT2D eigenvalue weighted by Crippen LogP contribution is -2.22. The van der Waals surface area contributed by atoms with Crippen LogP contribution in [0.2, 0.25) is 0 Å². The minimum Gasteiger partial charge on any atom is -0.467 e. The molecule has 0 radical (unpaired) electrons. The van der Waals surface area contributed by atoms with E-state index in [2.05, 4.69) is 52.0 Å². The molecule has 0 N–H and O–H groups in total. The van der Waals surface area contributed by atoms with E-state index in [-0.39, 0.29) is 11.9 Å². The van der Waals surface area contributed by atoms with Crippen LogP contribution in [0.5, 0.6) is 5.75 Å². The van der Waals surface area contributed by atoms with Crippen molar-refractivity contribution in [3.8, 4) is 5.75 Å². The van der Waals surface area contributed by atoms with Crippen molar-refractivity contribution in [2.75, 3.05) is 13.9 Å². The SMILES string of the molecule is CCC(C)(Pc1ccc(C)cc1CF)c1cc(C)cc(C)c1OCOC. The lowest BCUT2D eigenvalue weighted by Gasteiger charge is -2.32. The molecule has 0 aliphatic heterocycles. The van der Waals surface area contributed by atoms with Gasteiger partial charge in [-0.05, 0) is 43.6 Å². The summed E-state index contributed by atoms with van der Waals surface area (Å²) in [5, 5.41) is 0.971. The maximum absolute atomic E-state index is 13.6. The Hall–Kier alpha value is -1.44. The Labute approximate surface area is 158 Å². The second kappa shape index (κ2) is 8.97. The Morgan fingerprint density at radius 2 is 1.81 bits per heavy atom. The molecule has 0 aromatic heterocycles. The van der Waals surface area contributed by atoms with Gasteiger partial charge in [-0.3, -0.25) is 0 Å². The van der Waals surface area contributed by atoms with E-state index in [1.165, 1.54) is 11.1 Å². The van der Waals surface area contributed by atoms with E-state index >= 15 is 0 Å². The number of ether oxygens (including phenoxy) is 2. The van der Waals surface area contributed by atoms with Crippen molar-refractivity contribution in [1.29, 1.82) is 0 Å². The molecule has 0 aliphatic rings. The molecule has 2 atom stereocenters. The van der Waals surface area contributed by atoms with E-state index in [9.17, 15) is 4.39 Å². The highest BCUT2D eigenvalue weighted by Crippen LogP contribution is 2.48. The minimum absolute atomic E-state index is 0.126. The van der Waals surface area contributed by atoms with Crippen LogP contribution in [-0.2, 0) is 16.6 Å². The predicted octanol–water partition coefficient (Wildman–Crippen LogP) is 5.69. The maximum atomic E-state index is 13.6. The van der Waals surface area contributed by atoms with Gasteiger partial charge in [-0.15, -0.1) is 0 Å². The number of rotatable bonds is 8. The Balaban J connectivity index is 2.52. The van der Waals surface area contributed by atoms with Gasteiger partial charge in [0.25, 0.3) is 0 Å². The van der Waals surface area contributed by atoms with Crippen molar-refractivity contribution in [3.05, 3.63) is 58.1 Å². The van der Waals surface area contributed by atoms with Gasteiger partial charge in [-0.2, -0.15) is 0 Å². The van der Waals surface area contributed by atoms with E-state index < -0.39 is 6.67 Å². The van der Waals surface area contributed by atoms with E-state index in [1.807, 2.05) is 13.0 Å². The monoisotopic (exact) mass is 376 g/mol. The van der Waals surface area contributed by atoms with Crippen LogP contribution in [-0.4, -0.2) is 13.9 Å². The van der Waals surface area contributed by atoms with E-state index in [0.29, 0.717) is 8.58 Å². The Bertz CT molecular complexity index is 760. The molecular formula is C22H30FO2P. The summed E-state index contributed by atoms with van der Waals surface area (Å²) in [4.78, 5) is 0. The Morgan fingerprint density at radius 3 is 2.42 bits per heavy atom. The molecule has 2 nitrogen and oxygen atoms in total. The summed E-state index contributed by atoms with van der Waals surface area (Å²) in [5.74, 6) is 0.892. The Morgan fingerprint density at radius 1 is 1.08 bits per heavy atom. The van der Waals surface area contributed by atoms with Crippen LogP contribution in [0.4, 0.5) is 4.39 Å². The summed E-state index contributed by atoms with van der Waals surface area (Å²) >= 11 is 0. The van der Waals surface area contributed by atoms with Crippen molar-refractivity contribution < 1.29 is 13.9 Å². The van der Waals surface area contributed by atoms with Gasteiger partial charge in [0.1, 0.15) is 12.4 Å². The smallest absolute Gasteiger partial charge is 0.188 e. The van der Waals surface area contributed by atoms with Crippen LogP contribution in [0, 0.1) is 20.8 Å². The molecule has 2 aromatic rings.